The number of benzene rings is 12. The summed E-state index contributed by atoms with van der Waals surface area (Å²) < 4.78 is 56.3. The summed E-state index contributed by atoms with van der Waals surface area (Å²) in [5, 5.41) is 14.9. The van der Waals surface area contributed by atoms with E-state index in [1.807, 2.05) is 48.6 Å². The van der Waals surface area contributed by atoms with Gasteiger partial charge in [0.15, 0.2) is 34.7 Å². The number of hydrogen-bond donors (Lipinski definition) is 0. The third-order valence-corrected chi connectivity index (χ3v) is 63.4. The average Bonchev–Trinajstić information content (AvgIpc) is 0.704. The SMILES string of the molecule is C=CC[Si](C)(C)O[Si](O[Si](C)(C)CC=C)(c1ccccc1)c1ccccc1.C=CC[Si](O[Si](C)(C)O[Si](CC=C)(c1ccccc1)c1ccccc1)(c1ccccc1)c1ccccc1.C[SiH](C)O[Si](O[SiH](C)C)(c1ccccc1)c1ccccc1.C[Si](C)(O[SiH](c1ccccc1)c1ccccc1)O[SiH](c1ccccc1)c1ccccc1. The second kappa shape index (κ2) is 44.6. The molecule has 0 saturated heterocycles. The van der Waals surface area contributed by atoms with Gasteiger partial charge in [-0.1, -0.05) is 388 Å². The third kappa shape index (κ3) is 25.9. The van der Waals surface area contributed by atoms with E-state index in [9.17, 15) is 0 Å². The molecule has 0 radical (unpaired) electrons. The fraction of sp³-hybridized carbons (Fsp3) is 0.167. The molecule has 0 aliphatic rings. The number of rotatable bonds is 36. The predicted molar refractivity (Wildman–Crippen MR) is 527 cm³/mol. The predicted octanol–water partition coefficient (Wildman–Crippen LogP) is 15.7. The van der Waals surface area contributed by atoms with Gasteiger partial charge in [-0.3, -0.25) is 0 Å². The van der Waals surface area contributed by atoms with Crippen LogP contribution in [0.25, 0.3) is 0 Å². The molecular weight excluding hydrogens is 1620 g/mol. The van der Waals surface area contributed by atoms with E-state index < -0.39 is 104 Å². The summed E-state index contributed by atoms with van der Waals surface area (Å²) in [7, 11) is -26.2. The van der Waals surface area contributed by atoms with Gasteiger partial charge in [0.05, 0.1) is 0 Å². The van der Waals surface area contributed by atoms with E-state index in [2.05, 4.69) is 445 Å². The topological polar surface area (TPSA) is 73.8 Å². The molecule has 0 aliphatic heterocycles. The molecule has 0 heterocycles. The van der Waals surface area contributed by atoms with Crippen LogP contribution in [0.3, 0.4) is 0 Å². The maximum atomic E-state index is 7.47. The first-order valence-corrected chi connectivity index (χ1v) is 69.0. The van der Waals surface area contributed by atoms with Crippen LogP contribution in [0.1, 0.15) is 0 Å². The average molecular weight is 1740 g/mol. The van der Waals surface area contributed by atoms with Gasteiger partial charge in [0.2, 0.25) is 34.7 Å². The molecule has 8 nitrogen and oxygen atoms in total. The molecule has 600 valence electrons. The summed E-state index contributed by atoms with van der Waals surface area (Å²) in [5.41, 5.74) is 0. The number of hydrogen-bond acceptors (Lipinski definition) is 8. The highest BCUT2D eigenvalue weighted by atomic mass is 28.5. The molecule has 0 atom stereocenters. The summed E-state index contributed by atoms with van der Waals surface area (Å²) in [5.74, 6) is 0. The summed E-state index contributed by atoms with van der Waals surface area (Å²) >= 11 is 0. The van der Waals surface area contributed by atoms with E-state index >= 15 is 0 Å². The monoisotopic (exact) mass is 1740 g/mol. The summed E-state index contributed by atoms with van der Waals surface area (Å²) in [6.07, 6.45) is 7.99. The van der Waals surface area contributed by atoms with Crippen LogP contribution in [0.15, 0.2) is 415 Å². The molecular formula is C96H120O8Si12. The van der Waals surface area contributed by atoms with Crippen molar-refractivity contribution in [3.05, 3.63) is 415 Å². The molecule has 12 aromatic rings. The van der Waals surface area contributed by atoms with Crippen molar-refractivity contribution < 1.29 is 32.9 Å². The van der Waals surface area contributed by atoms with Crippen molar-refractivity contribution in [2.24, 2.45) is 0 Å². The zero-order valence-corrected chi connectivity index (χ0v) is 82.8. The minimum absolute atomic E-state index is 0.771. The molecule has 0 bridgehead atoms. The van der Waals surface area contributed by atoms with Gasteiger partial charge in [0.25, 0.3) is 0 Å². The van der Waals surface area contributed by atoms with Crippen LogP contribution in [-0.2, 0) is 32.9 Å². The zero-order chi connectivity index (χ0) is 83.0. The molecule has 0 saturated carbocycles. The molecule has 20 heteroatoms. The van der Waals surface area contributed by atoms with Crippen LogP contribution in [0.5, 0.6) is 0 Å². The first-order chi connectivity index (χ1) is 55.9. The quantitative estimate of drug-likeness (QED) is 0.0284. The van der Waals surface area contributed by atoms with E-state index in [0.717, 1.165) is 24.2 Å². The normalized spacial score (nSPS) is 12.1. The van der Waals surface area contributed by atoms with Crippen molar-refractivity contribution in [2.75, 3.05) is 0 Å². The second-order valence-electron chi connectivity index (χ2n) is 31.5. The fourth-order valence-corrected chi connectivity index (χ4v) is 62.5. The van der Waals surface area contributed by atoms with Gasteiger partial charge in [-0.25, -0.2) is 0 Å². The van der Waals surface area contributed by atoms with E-state index in [4.69, 9.17) is 32.9 Å². The Morgan fingerprint density at radius 3 is 0.612 bits per heavy atom. The molecule has 0 aliphatic carbocycles. The van der Waals surface area contributed by atoms with Crippen molar-refractivity contribution in [2.45, 2.75) is 103 Å². The van der Waals surface area contributed by atoms with Gasteiger partial charge in [-0.2, -0.15) is 0 Å². The number of allylic oxidation sites excluding steroid dienone is 4. The highest BCUT2D eigenvalue weighted by Crippen LogP contribution is 2.29. The Hall–Kier alpha value is -8.12. The Morgan fingerprint density at radius 2 is 0.414 bits per heavy atom. The first kappa shape index (κ1) is 91.8. The van der Waals surface area contributed by atoms with E-state index in [1.165, 1.54) is 62.2 Å². The Labute approximate surface area is 710 Å². The molecule has 0 amide bonds. The van der Waals surface area contributed by atoms with Crippen LogP contribution >= 0.6 is 0 Å². The minimum Gasteiger partial charge on any atom is -0.433 e. The second-order valence-corrected chi connectivity index (χ2v) is 71.6. The lowest BCUT2D eigenvalue weighted by molar-refractivity contribution is 0.402. The van der Waals surface area contributed by atoms with Crippen LogP contribution in [0, 0.1) is 0 Å². The smallest absolute Gasteiger partial charge is 0.386 e. The van der Waals surface area contributed by atoms with Crippen LogP contribution < -0.4 is 62.2 Å². The fourth-order valence-electron chi connectivity index (χ4n) is 14.7. The van der Waals surface area contributed by atoms with Gasteiger partial charge in [-0.15, -0.1) is 26.3 Å². The maximum Gasteiger partial charge on any atom is 0.386 e. The minimum atomic E-state index is -2.87. The van der Waals surface area contributed by atoms with Crippen molar-refractivity contribution >= 4 is 166 Å². The van der Waals surface area contributed by atoms with Crippen molar-refractivity contribution in [3.8, 4) is 0 Å². The van der Waals surface area contributed by atoms with Crippen LogP contribution in [0.4, 0.5) is 0 Å². The van der Waals surface area contributed by atoms with Gasteiger partial charge in [-0.05, 0) is 165 Å². The molecule has 0 unspecified atom stereocenters. The van der Waals surface area contributed by atoms with Gasteiger partial charge in [0, 0.05) is 0 Å². The van der Waals surface area contributed by atoms with Crippen molar-refractivity contribution in [3.63, 3.8) is 0 Å². The van der Waals surface area contributed by atoms with E-state index in [1.54, 1.807) is 0 Å². The lowest BCUT2D eigenvalue weighted by Crippen LogP contribution is -2.70. The maximum absolute atomic E-state index is 7.47. The highest BCUT2D eigenvalue weighted by Gasteiger charge is 2.52. The first-order valence-electron chi connectivity index (χ1n) is 40.5. The Kier molecular flexibility index (Phi) is 35.3. The molecule has 116 heavy (non-hydrogen) atoms. The van der Waals surface area contributed by atoms with E-state index in [0.29, 0.717) is 0 Å². The van der Waals surface area contributed by atoms with E-state index in [-0.39, 0.29) is 0 Å². The van der Waals surface area contributed by atoms with Gasteiger partial charge >= 0.3 is 34.2 Å². The Bertz CT molecular complexity index is 4370. The molecule has 12 rings (SSSR count). The standard InChI is InChI=1S/C32H36O2Si3.C26H28O2Si3.C22H32O2Si3.C16H24O2Si3/c1-5-27-36(29-19-11-7-12-20-29,30-21-13-8-14-22-30)33-35(3,4)34-37(28-6-2,31-23-15-9-16-24-31)32-25-17-10-18-26-32;1-31(2,27-29(23-15-7-3-8-16-23)24-17-9-4-10-18-24)28-30(25-19-11-5-12-20-25)26-21-13-6-14-22-26;1-7-19-25(3,4)23-27(21-15-11-9-12-16-21,22-17-13-10-14-18-22)24-26(5,6)20-8-2;1-19(2)17-21(18-20(3)4,15-11-7-5-8-12-15)16-13-9-6-10-14-16/h5-26H,1-2,27-28H2,3-4H3;3-22,29-30H,1-2H3;7-18H,1-2,19-20H2,3-6H3;5-14,19-20H,1-4H3. The van der Waals surface area contributed by atoms with Crippen LogP contribution in [0.2, 0.25) is 103 Å². The summed E-state index contributed by atoms with van der Waals surface area (Å²) in [6, 6.07) is 131. The molecule has 12 aromatic carbocycles. The molecule has 0 aromatic heterocycles. The lowest BCUT2D eigenvalue weighted by Gasteiger charge is -2.44. The largest absolute Gasteiger partial charge is 0.433 e. The van der Waals surface area contributed by atoms with Crippen molar-refractivity contribution in [1.82, 2.24) is 0 Å². The summed E-state index contributed by atoms with van der Waals surface area (Å²) in [6.45, 7) is 42.9. The lowest BCUT2D eigenvalue weighted by atomic mass is 10.4. The van der Waals surface area contributed by atoms with Gasteiger partial charge in [0.1, 0.15) is 0 Å². The third-order valence-electron chi connectivity index (χ3n) is 19.4. The molecule has 0 spiro atoms. The molecule has 0 fully saturated rings. The van der Waals surface area contributed by atoms with Crippen molar-refractivity contribution in [1.29, 1.82) is 0 Å². The summed E-state index contributed by atoms with van der Waals surface area (Å²) in [4.78, 5) is 0. The van der Waals surface area contributed by atoms with Crippen LogP contribution in [-0.4, -0.2) is 104 Å². The van der Waals surface area contributed by atoms with Gasteiger partial charge < -0.3 is 32.9 Å². The molecule has 0 N–H and O–H groups in total. The zero-order valence-electron chi connectivity index (χ0n) is 70.2. The highest BCUT2D eigenvalue weighted by molar-refractivity contribution is 7.06. The Morgan fingerprint density at radius 1 is 0.224 bits per heavy atom. The Balaban J connectivity index is 0.000000180.